The molecule has 2 heteroatoms. The Morgan fingerprint density at radius 1 is 1.00 bits per heavy atom. The van der Waals surface area contributed by atoms with Crippen LogP contribution in [0.5, 0.6) is 0 Å². The zero-order chi connectivity index (χ0) is 9.40. The maximum Gasteiger partial charge on any atom is 0.241 e. The van der Waals surface area contributed by atoms with E-state index in [4.69, 9.17) is 0 Å². The van der Waals surface area contributed by atoms with Gasteiger partial charge in [-0.15, -0.1) is 0 Å². The van der Waals surface area contributed by atoms with Crippen molar-refractivity contribution in [3.8, 4) is 0 Å². The number of hydrogen-bond acceptors (Lipinski definition) is 0. The second-order valence-corrected chi connectivity index (χ2v) is 3.51. The molecule has 0 aliphatic heterocycles. The minimum Gasteiger partial charge on any atom is -0.210 e. The highest BCUT2D eigenvalue weighted by Crippen LogP contribution is 2.17. The van der Waals surface area contributed by atoms with E-state index in [1.807, 2.05) is 0 Å². The molecule has 0 N–H and O–H groups in total. The van der Waals surface area contributed by atoms with Gasteiger partial charge in [-0.05, 0) is 6.42 Å². The van der Waals surface area contributed by atoms with Crippen LogP contribution in [-0.2, 0) is 0 Å². The van der Waals surface area contributed by atoms with Crippen molar-refractivity contribution in [1.82, 2.24) is 0 Å². The molecule has 74 valence electrons. The minimum absolute atomic E-state index is 0.411. The molecule has 0 unspecified atom stereocenters. The Balaban J connectivity index is 3.08. The first-order chi connectivity index (χ1) is 5.68. The molecule has 12 heavy (non-hydrogen) atoms. The average Bonchev–Trinajstić information content (AvgIpc) is 2.03. The molecule has 0 heterocycles. The van der Waals surface area contributed by atoms with E-state index in [0.29, 0.717) is 6.42 Å². The largest absolute Gasteiger partial charge is 0.241 e. The number of unbranched alkanes of at least 4 members (excludes halogenated alkanes) is 4. The lowest BCUT2D eigenvalue weighted by Gasteiger charge is -2.08. The summed E-state index contributed by atoms with van der Waals surface area (Å²) in [5.74, 6) is -0.411. The third-order valence-electron chi connectivity index (χ3n) is 2.19. The molecule has 0 aromatic rings. The SMILES string of the molecule is CCCCCCC[C@@H](C)C(F)F. The normalized spacial score (nSPS) is 13.8. The summed E-state index contributed by atoms with van der Waals surface area (Å²) in [7, 11) is 0. The Morgan fingerprint density at radius 3 is 2.08 bits per heavy atom. The highest BCUT2D eigenvalue weighted by molar-refractivity contribution is 4.55. The molecule has 0 aromatic carbocycles. The topological polar surface area (TPSA) is 0 Å². The summed E-state index contributed by atoms with van der Waals surface area (Å²) in [5.41, 5.74) is 0. The van der Waals surface area contributed by atoms with Gasteiger partial charge in [0.05, 0.1) is 0 Å². The fourth-order valence-electron chi connectivity index (χ4n) is 1.20. The van der Waals surface area contributed by atoms with E-state index in [-0.39, 0.29) is 0 Å². The molecule has 0 nitrogen and oxygen atoms in total. The van der Waals surface area contributed by atoms with E-state index in [0.717, 1.165) is 12.8 Å². The van der Waals surface area contributed by atoms with Gasteiger partial charge in [-0.25, -0.2) is 8.78 Å². The van der Waals surface area contributed by atoms with Gasteiger partial charge in [0.15, 0.2) is 0 Å². The van der Waals surface area contributed by atoms with Crippen LogP contribution >= 0.6 is 0 Å². The van der Waals surface area contributed by atoms with Gasteiger partial charge in [0, 0.05) is 5.92 Å². The number of halogens is 2. The van der Waals surface area contributed by atoms with E-state index in [9.17, 15) is 8.78 Å². The van der Waals surface area contributed by atoms with E-state index in [1.165, 1.54) is 19.3 Å². The monoisotopic (exact) mass is 178 g/mol. The van der Waals surface area contributed by atoms with Crippen molar-refractivity contribution in [3.05, 3.63) is 0 Å². The highest BCUT2D eigenvalue weighted by atomic mass is 19.3. The quantitative estimate of drug-likeness (QED) is 0.511. The van der Waals surface area contributed by atoms with Gasteiger partial charge >= 0.3 is 0 Å². The smallest absolute Gasteiger partial charge is 0.210 e. The van der Waals surface area contributed by atoms with Crippen LogP contribution in [0, 0.1) is 5.92 Å². The third-order valence-corrected chi connectivity index (χ3v) is 2.19. The molecule has 0 fully saturated rings. The van der Waals surface area contributed by atoms with Crippen molar-refractivity contribution in [2.24, 2.45) is 5.92 Å². The Kier molecular flexibility index (Phi) is 7.42. The Bertz CT molecular complexity index is 91.8. The Hall–Kier alpha value is -0.140. The Morgan fingerprint density at radius 2 is 1.58 bits per heavy atom. The standard InChI is InChI=1S/C10H20F2/c1-3-4-5-6-7-8-9(2)10(11)12/h9-10H,3-8H2,1-2H3/t9-/m1/s1. The third kappa shape index (κ3) is 6.56. The predicted octanol–water partition coefficient (Wildman–Crippen LogP) is 4.25. The molecule has 0 spiro atoms. The van der Waals surface area contributed by atoms with E-state index in [1.54, 1.807) is 6.92 Å². The molecule has 0 radical (unpaired) electrons. The lowest BCUT2D eigenvalue weighted by molar-refractivity contribution is 0.0805. The number of hydrogen-bond donors (Lipinski definition) is 0. The van der Waals surface area contributed by atoms with E-state index < -0.39 is 12.3 Å². The lowest BCUT2D eigenvalue weighted by atomic mass is 10.0. The zero-order valence-corrected chi connectivity index (χ0v) is 8.15. The fraction of sp³-hybridized carbons (Fsp3) is 1.00. The summed E-state index contributed by atoms with van der Waals surface area (Å²) >= 11 is 0. The van der Waals surface area contributed by atoms with Crippen LogP contribution in [0.3, 0.4) is 0 Å². The van der Waals surface area contributed by atoms with Gasteiger partial charge in [-0.2, -0.15) is 0 Å². The van der Waals surface area contributed by atoms with Crippen molar-refractivity contribution in [2.75, 3.05) is 0 Å². The van der Waals surface area contributed by atoms with Gasteiger partial charge < -0.3 is 0 Å². The summed E-state index contributed by atoms with van der Waals surface area (Å²) in [6, 6.07) is 0. The molecule has 0 saturated heterocycles. The first-order valence-electron chi connectivity index (χ1n) is 4.96. The Labute approximate surface area is 74.4 Å². The molecule has 0 aliphatic carbocycles. The van der Waals surface area contributed by atoms with Crippen LogP contribution in [-0.4, -0.2) is 6.43 Å². The van der Waals surface area contributed by atoms with Crippen LogP contribution in [0.1, 0.15) is 52.4 Å². The van der Waals surface area contributed by atoms with Crippen LogP contribution in [0.15, 0.2) is 0 Å². The van der Waals surface area contributed by atoms with Crippen LogP contribution in [0.2, 0.25) is 0 Å². The van der Waals surface area contributed by atoms with Gasteiger partial charge in [0.2, 0.25) is 6.43 Å². The first-order valence-corrected chi connectivity index (χ1v) is 4.96. The van der Waals surface area contributed by atoms with Crippen molar-refractivity contribution < 1.29 is 8.78 Å². The molecule has 0 amide bonds. The second kappa shape index (κ2) is 7.51. The maximum atomic E-state index is 12.0. The van der Waals surface area contributed by atoms with Gasteiger partial charge in [-0.3, -0.25) is 0 Å². The number of alkyl halides is 2. The zero-order valence-electron chi connectivity index (χ0n) is 8.15. The molecular formula is C10H20F2. The second-order valence-electron chi connectivity index (χ2n) is 3.51. The maximum absolute atomic E-state index is 12.0. The minimum atomic E-state index is -2.13. The molecule has 0 aromatic heterocycles. The van der Waals surface area contributed by atoms with Crippen molar-refractivity contribution in [3.63, 3.8) is 0 Å². The van der Waals surface area contributed by atoms with Gasteiger partial charge in [0.25, 0.3) is 0 Å². The summed E-state index contributed by atoms with van der Waals surface area (Å²) < 4.78 is 24.0. The summed E-state index contributed by atoms with van der Waals surface area (Å²) in [5, 5.41) is 0. The summed E-state index contributed by atoms with van der Waals surface area (Å²) in [4.78, 5) is 0. The summed E-state index contributed by atoms with van der Waals surface area (Å²) in [6.07, 6.45) is 4.29. The molecule has 0 saturated carbocycles. The molecule has 0 bridgehead atoms. The molecule has 0 aliphatic rings. The highest BCUT2D eigenvalue weighted by Gasteiger charge is 2.12. The van der Waals surface area contributed by atoms with Crippen LogP contribution < -0.4 is 0 Å². The lowest BCUT2D eigenvalue weighted by Crippen LogP contribution is -2.05. The van der Waals surface area contributed by atoms with Gasteiger partial charge in [-0.1, -0.05) is 46.0 Å². The van der Waals surface area contributed by atoms with E-state index >= 15 is 0 Å². The van der Waals surface area contributed by atoms with Gasteiger partial charge in [0.1, 0.15) is 0 Å². The summed E-state index contributed by atoms with van der Waals surface area (Å²) in [6.45, 7) is 3.78. The molecule has 0 rings (SSSR count). The molecular weight excluding hydrogens is 158 g/mol. The fourth-order valence-corrected chi connectivity index (χ4v) is 1.20. The van der Waals surface area contributed by atoms with E-state index in [2.05, 4.69) is 6.92 Å². The first kappa shape index (κ1) is 11.9. The van der Waals surface area contributed by atoms with Crippen molar-refractivity contribution in [1.29, 1.82) is 0 Å². The van der Waals surface area contributed by atoms with Crippen molar-refractivity contribution in [2.45, 2.75) is 58.8 Å². The predicted molar refractivity (Wildman–Crippen MR) is 48.5 cm³/mol. The molecule has 1 atom stereocenters. The van der Waals surface area contributed by atoms with Crippen LogP contribution in [0.25, 0.3) is 0 Å². The van der Waals surface area contributed by atoms with Crippen molar-refractivity contribution >= 4 is 0 Å². The average molecular weight is 178 g/mol. The number of rotatable bonds is 7. The van der Waals surface area contributed by atoms with Crippen LogP contribution in [0.4, 0.5) is 8.78 Å².